The SMILES string of the molecule is Cc1ccc(-n2nc(C)c3nc(CCC(=O)N4CCN(c5ncccn5)CC4)c(=O)n(C)c32)cc1. The van der Waals surface area contributed by atoms with Crippen molar-refractivity contribution in [3.8, 4) is 5.69 Å². The number of carbonyl (C=O) groups is 1. The van der Waals surface area contributed by atoms with Crippen LogP contribution in [0, 0.1) is 13.8 Å². The Labute approximate surface area is 202 Å². The van der Waals surface area contributed by atoms with E-state index in [0.717, 1.165) is 16.9 Å². The molecule has 0 aliphatic carbocycles. The number of anilines is 1. The predicted molar refractivity (Wildman–Crippen MR) is 133 cm³/mol. The van der Waals surface area contributed by atoms with E-state index in [2.05, 4.69) is 25.0 Å². The zero-order chi connectivity index (χ0) is 24.5. The average molecular weight is 473 g/mol. The number of carbonyl (C=O) groups excluding carboxylic acids is 1. The molecule has 1 aliphatic rings. The summed E-state index contributed by atoms with van der Waals surface area (Å²) in [4.78, 5) is 43.1. The van der Waals surface area contributed by atoms with E-state index >= 15 is 0 Å². The van der Waals surface area contributed by atoms with Crippen molar-refractivity contribution in [1.29, 1.82) is 0 Å². The number of hydrogen-bond donors (Lipinski definition) is 0. The molecular formula is C25H28N8O2. The van der Waals surface area contributed by atoms with Gasteiger partial charge in [-0.15, -0.1) is 0 Å². The number of fused-ring (bicyclic) bond motifs is 1. The van der Waals surface area contributed by atoms with Crippen LogP contribution >= 0.6 is 0 Å². The maximum Gasteiger partial charge on any atom is 0.273 e. The van der Waals surface area contributed by atoms with Crippen molar-refractivity contribution in [2.75, 3.05) is 31.1 Å². The molecule has 0 atom stereocenters. The van der Waals surface area contributed by atoms with Crippen LogP contribution in [0.4, 0.5) is 5.95 Å². The minimum atomic E-state index is -0.204. The summed E-state index contributed by atoms with van der Waals surface area (Å²) in [6.07, 6.45) is 3.96. The molecule has 35 heavy (non-hydrogen) atoms. The average Bonchev–Trinajstić information content (AvgIpc) is 3.22. The molecule has 0 saturated carbocycles. The highest BCUT2D eigenvalue weighted by Gasteiger charge is 2.23. The highest BCUT2D eigenvalue weighted by molar-refractivity contribution is 5.78. The van der Waals surface area contributed by atoms with E-state index in [0.29, 0.717) is 55.4 Å². The van der Waals surface area contributed by atoms with Crippen LogP contribution in [0.5, 0.6) is 0 Å². The molecule has 1 saturated heterocycles. The van der Waals surface area contributed by atoms with Gasteiger partial charge in [0.2, 0.25) is 11.9 Å². The second-order valence-corrected chi connectivity index (χ2v) is 8.84. The van der Waals surface area contributed by atoms with Gasteiger partial charge >= 0.3 is 0 Å². The van der Waals surface area contributed by atoms with Crippen molar-refractivity contribution in [2.45, 2.75) is 26.7 Å². The number of rotatable bonds is 5. The molecule has 0 N–H and O–H groups in total. The first-order valence-corrected chi connectivity index (χ1v) is 11.7. The van der Waals surface area contributed by atoms with Crippen LogP contribution in [-0.4, -0.2) is 66.3 Å². The van der Waals surface area contributed by atoms with Gasteiger partial charge in [0.05, 0.1) is 11.4 Å². The summed E-state index contributed by atoms with van der Waals surface area (Å²) in [6, 6.07) is 9.75. The number of aromatic nitrogens is 6. The summed E-state index contributed by atoms with van der Waals surface area (Å²) < 4.78 is 3.34. The third-order valence-corrected chi connectivity index (χ3v) is 6.44. The van der Waals surface area contributed by atoms with Crippen LogP contribution in [-0.2, 0) is 18.3 Å². The fourth-order valence-corrected chi connectivity index (χ4v) is 4.43. The molecule has 1 aromatic carbocycles. The van der Waals surface area contributed by atoms with Gasteiger partial charge in [-0.2, -0.15) is 5.10 Å². The van der Waals surface area contributed by atoms with Gasteiger partial charge < -0.3 is 9.80 Å². The number of aryl methyl sites for hydroxylation is 4. The number of hydrogen-bond acceptors (Lipinski definition) is 7. The van der Waals surface area contributed by atoms with Gasteiger partial charge in [0, 0.05) is 58.5 Å². The van der Waals surface area contributed by atoms with E-state index in [1.54, 1.807) is 34.8 Å². The standard InChI is InChI=1S/C25H28N8O2/c1-17-5-7-19(8-6-17)33-23-22(18(2)29-33)28-20(24(35)30(23)3)9-10-21(34)31-13-15-32(16-14-31)25-26-11-4-12-27-25/h4-8,11-12H,9-10,13-16H2,1-3H3. The lowest BCUT2D eigenvalue weighted by Gasteiger charge is -2.34. The molecule has 0 unspecified atom stereocenters. The first-order valence-electron chi connectivity index (χ1n) is 11.7. The lowest BCUT2D eigenvalue weighted by atomic mass is 10.2. The Morgan fingerprint density at radius 1 is 1.00 bits per heavy atom. The Balaban J connectivity index is 1.31. The maximum absolute atomic E-state index is 13.1. The number of nitrogens with zero attached hydrogens (tertiary/aromatic N) is 8. The van der Waals surface area contributed by atoms with Crippen molar-refractivity contribution in [1.82, 2.24) is 34.2 Å². The van der Waals surface area contributed by atoms with E-state index < -0.39 is 0 Å². The summed E-state index contributed by atoms with van der Waals surface area (Å²) in [5.74, 6) is 0.705. The van der Waals surface area contributed by atoms with Crippen LogP contribution in [0.25, 0.3) is 16.9 Å². The summed E-state index contributed by atoms with van der Waals surface area (Å²) in [7, 11) is 1.73. The summed E-state index contributed by atoms with van der Waals surface area (Å²) >= 11 is 0. The zero-order valence-corrected chi connectivity index (χ0v) is 20.2. The summed E-state index contributed by atoms with van der Waals surface area (Å²) in [5, 5.41) is 4.64. The fourth-order valence-electron chi connectivity index (χ4n) is 4.43. The van der Waals surface area contributed by atoms with Crippen molar-refractivity contribution in [3.05, 3.63) is 70.0 Å². The first kappa shape index (κ1) is 22.7. The normalized spacial score (nSPS) is 14.0. The smallest absolute Gasteiger partial charge is 0.273 e. The fraction of sp³-hybridized carbons (Fsp3) is 0.360. The Kier molecular flexibility index (Phi) is 6.02. The molecule has 5 rings (SSSR count). The third kappa shape index (κ3) is 4.39. The summed E-state index contributed by atoms with van der Waals surface area (Å²) in [6.45, 7) is 6.47. The van der Waals surface area contributed by atoms with Crippen LogP contribution in [0.2, 0.25) is 0 Å². The molecule has 1 fully saturated rings. The van der Waals surface area contributed by atoms with Gasteiger partial charge in [0.15, 0.2) is 5.65 Å². The first-order chi connectivity index (χ1) is 16.9. The second-order valence-electron chi connectivity index (χ2n) is 8.84. The molecule has 1 aliphatic heterocycles. The lowest BCUT2D eigenvalue weighted by Crippen LogP contribution is -2.49. The van der Waals surface area contributed by atoms with E-state index in [-0.39, 0.29) is 17.9 Å². The van der Waals surface area contributed by atoms with Crippen LogP contribution in [0.3, 0.4) is 0 Å². The molecular weight excluding hydrogens is 444 g/mol. The Hall–Kier alpha value is -4.08. The van der Waals surface area contributed by atoms with Crippen LogP contribution < -0.4 is 10.5 Å². The van der Waals surface area contributed by atoms with Gasteiger partial charge in [-0.3, -0.25) is 14.2 Å². The molecule has 0 radical (unpaired) electrons. The zero-order valence-electron chi connectivity index (χ0n) is 20.2. The van der Waals surface area contributed by atoms with Crippen LogP contribution in [0.15, 0.2) is 47.5 Å². The highest BCUT2D eigenvalue weighted by atomic mass is 16.2. The second kappa shape index (κ2) is 9.28. The molecule has 180 valence electrons. The van der Waals surface area contributed by atoms with E-state index in [1.807, 2.05) is 43.0 Å². The van der Waals surface area contributed by atoms with Gasteiger partial charge in [0.1, 0.15) is 11.2 Å². The van der Waals surface area contributed by atoms with Crippen molar-refractivity contribution in [3.63, 3.8) is 0 Å². The molecule has 0 spiro atoms. The molecule has 3 aromatic heterocycles. The van der Waals surface area contributed by atoms with Gasteiger partial charge in [-0.05, 0) is 32.0 Å². The van der Waals surface area contributed by atoms with E-state index in [1.165, 1.54) is 0 Å². The van der Waals surface area contributed by atoms with Gasteiger partial charge in [-0.1, -0.05) is 17.7 Å². The molecule has 4 aromatic rings. The lowest BCUT2D eigenvalue weighted by molar-refractivity contribution is -0.131. The number of benzene rings is 1. The Morgan fingerprint density at radius 3 is 2.37 bits per heavy atom. The highest BCUT2D eigenvalue weighted by Crippen LogP contribution is 2.20. The number of amides is 1. The van der Waals surface area contributed by atoms with Crippen molar-refractivity contribution in [2.24, 2.45) is 7.05 Å². The third-order valence-electron chi connectivity index (χ3n) is 6.44. The van der Waals surface area contributed by atoms with Crippen LogP contribution in [0.1, 0.15) is 23.4 Å². The monoisotopic (exact) mass is 472 g/mol. The number of piperazine rings is 1. The maximum atomic E-state index is 13.1. The summed E-state index contributed by atoms with van der Waals surface area (Å²) in [5.41, 5.74) is 4.25. The molecule has 0 bridgehead atoms. The Morgan fingerprint density at radius 2 is 1.69 bits per heavy atom. The minimum absolute atomic E-state index is 0.0228. The molecule has 1 amide bonds. The quantitative estimate of drug-likeness (QED) is 0.436. The van der Waals surface area contributed by atoms with Gasteiger partial charge in [0.25, 0.3) is 5.56 Å². The molecule has 10 nitrogen and oxygen atoms in total. The molecule has 10 heteroatoms. The largest absolute Gasteiger partial charge is 0.339 e. The topological polar surface area (TPSA) is 102 Å². The predicted octanol–water partition coefficient (Wildman–Crippen LogP) is 1.81. The van der Waals surface area contributed by atoms with Gasteiger partial charge in [-0.25, -0.2) is 19.6 Å². The molecule has 4 heterocycles. The van der Waals surface area contributed by atoms with E-state index in [4.69, 9.17) is 0 Å². The van der Waals surface area contributed by atoms with Crippen molar-refractivity contribution >= 4 is 23.0 Å². The minimum Gasteiger partial charge on any atom is -0.339 e. The Bertz CT molecular complexity index is 1420. The van der Waals surface area contributed by atoms with Crippen molar-refractivity contribution < 1.29 is 4.79 Å². The van der Waals surface area contributed by atoms with E-state index in [9.17, 15) is 9.59 Å².